The number of ether oxygens (including phenoxy) is 2. The highest BCUT2D eigenvalue weighted by molar-refractivity contribution is 5.49. The third-order valence-corrected chi connectivity index (χ3v) is 5.16. The number of aryl methyl sites for hydroxylation is 1. The lowest BCUT2D eigenvalue weighted by Gasteiger charge is -2.53. The zero-order valence-electron chi connectivity index (χ0n) is 14.4. The molecule has 5 unspecified atom stereocenters. The minimum atomic E-state index is -1.56. The first-order valence-electron chi connectivity index (χ1n) is 8.65. The highest BCUT2D eigenvalue weighted by Crippen LogP contribution is 2.51. The number of benzene rings is 2. The van der Waals surface area contributed by atoms with Gasteiger partial charge in [0.25, 0.3) is 5.79 Å². The molecule has 2 aromatic rings. The van der Waals surface area contributed by atoms with Gasteiger partial charge in [-0.25, -0.2) is 0 Å². The monoisotopic (exact) mass is 358 g/mol. The van der Waals surface area contributed by atoms with Crippen molar-refractivity contribution in [1.82, 2.24) is 0 Å². The maximum Gasteiger partial charge on any atom is 0.270 e. The fourth-order valence-electron chi connectivity index (χ4n) is 3.61. The molecular weight excluding hydrogens is 336 g/mol. The highest BCUT2D eigenvalue weighted by Gasteiger charge is 2.61. The first kappa shape index (κ1) is 17.5. The molecule has 5 atom stereocenters. The summed E-state index contributed by atoms with van der Waals surface area (Å²) < 4.78 is 11.3. The molecule has 1 saturated heterocycles. The lowest BCUT2D eigenvalue weighted by Crippen LogP contribution is -2.68. The molecule has 2 aliphatic heterocycles. The normalized spacial score (nSPS) is 32.7. The number of rotatable bonds is 3. The van der Waals surface area contributed by atoms with Crippen molar-refractivity contribution in [3.63, 3.8) is 0 Å². The van der Waals surface area contributed by atoms with E-state index in [2.05, 4.69) is 24.3 Å². The van der Waals surface area contributed by atoms with Gasteiger partial charge in [0.2, 0.25) is 0 Å². The summed E-state index contributed by atoms with van der Waals surface area (Å²) in [7, 11) is 0. The van der Waals surface area contributed by atoms with Gasteiger partial charge in [-0.3, -0.25) is 0 Å². The first-order chi connectivity index (χ1) is 12.4. The van der Waals surface area contributed by atoms with E-state index >= 15 is 0 Å². The quantitative estimate of drug-likeness (QED) is 0.642. The van der Waals surface area contributed by atoms with Crippen LogP contribution < -0.4 is 4.74 Å². The summed E-state index contributed by atoms with van der Waals surface area (Å²) in [5, 5.41) is 39.9. The van der Waals surface area contributed by atoms with E-state index in [0.717, 1.165) is 11.1 Å². The second kappa shape index (κ2) is 6.33. The summed E-state index contributed by atoms with van der Waals surface area (Å²) in [5.41, 5.74) is 3.96. The van der Waals surface area contributed by atoms with E-state index in [1.165, 1.54) is 5.56 Å². The summed E-state index contributed by atoms with van der Waals surface area (Å²) in [5.74, 6) is -1.01. The lowest BCUT2D eigenvalue weighted by molar-refractivity contribution is -0.362. The van der Waals surface area contributed by atoms with Gasteiger partial charge in [0.1, 0.15) is 24.1 Å². The Hall–Kier alpha value is -1.96. The van der Waals surface area contributed by atoms with Crippen molar-refractivity contribution >= 4 is 0 Å². The predicted octanol–water partition coefficient (Wildman–Crippen LogP) is 0.605. The van der Waals surface area contributed by atoms with Gasteiger partial charge >= 0.3 is 0 Å². The fraction of sp³-hybridized carbons (Fsp3) is 0.400. The second-order valence-electron chi connectivity index (χ2n) is 7.03. The molecule has 26 heavy (non-hydrogen) atoms. The summed E-state index contributed by atoms with van der Waals surface area (Å²) in [6, 6.07) is 13.9. The molecule has 1 spiro atoms. The molecule has 2 heterocycles. The molecule has 0 saturated carbocycles. The molecule has 0 radical (unpaired) electrons. The van der Waals surface area contributed by atoms with Gasteiger partial charge in [0.15, 0.2) is 6.10 Å². The molecule has 4 rings (SSSR count). The summed E-state index contributed by atoms with van der Waals surface area (Å²) in [6.45, 7) is 1.55. The molecule has 6 heteroatoms. The highest BCUT2D eigenvalue weighted by atomic mass is 16.7. The lowest BCUT2D eigenvalue weighted by atomic mass is 9.83. The Morgan fingerprint density at radius 1 is 0.962 bits per heavy atom. The number of hydrogen-bond donors (Lipinski definition) is 4. The topological polar surface area (TPSA) is 99.4 Å². The Kier molecular flexibility index (Phi) is 4.25. The molecular formula is C20H22O6. The van der Waals surface area contributed by atoms with Crippen LogP contribution in [-0.2, 0) is 16.9 Å². The Morgan fingerprint density at radius 3 is 2.35 bits per heavy atom. The first-order valence-corrected chi connectivity index (χ1v) is 8.65. The SMILES string of the molecule is Cc1ccc(Cc2ccc3c(c2)C2(O3)OC(CO)C(O)C(O)C2O)cc1. The smallest absolute Gasteiger partial charge is 0.270 e. The van der Waals surface area contributed by atoms with Gasteiger partial charge in [-0.15, -0.1) is 0 Å². The van der Waals surface area contributed by atoms with Crippen LogP contribution in [0.15, 0.2) is 42.5 Å². The molecule has 0 aromatic heterocycles. The average molecular weight is 358 g/mol. The van der Waals surface area contributed by atoms with Crippen molar-refractivity contribution in [3.8, 4) is 5.75 Å². The molecule has 138 valence electrons. The molecule has 4 N–H and O–H groups in total. The van der Waals surface area contributed by atoms with Crippen molar-refractivity contribution in [3.05, 3.63) is 64.7 Å². The molecule has 0 aliphatic carbocycles. The van der Waals surface area contributed by atoms with Gasteiger partial charge in [-0.2, -0.15) is 0 Å². The van der Waals surface area contributed by atoms with Crippen molar-refractivity contribution in [2.45, 2.75) is 43.5 Å². The number of fused-ring (bicyclic) bond motifs is 2. The Labute approximate surface area is 151 Å². The van der Waals surface area contributed by atoms with Crippen LogP contribution in [0.3, 0.4) is 0 Å². The van der Waals surface area contributed by atoms with Crippen molar-refractivity contribution in [2.24, 2.45) is 0 Å². The number of hydrogen-bond acceptors (Lipinski definition) is 6. The van der Waals surface area contributed by atoms with Crippen LogP contribution in [-0.4, -0.2) is 51.4 Å². The third-order valence-electron chi connectivity index (χ3n) is 5.16. The van der Waals surface area contributed by atoms with E-state index < -0.39 is 36.8 Å². The van der Waals surface area contributed by atoms with Crippen molar-refractivity contribution < 1.29 is 29.9 Å². The van der Waals surface area contributed by atoms with E-state index in [9.17, 15) is 20.4 Å². The van der Waals surface area contributed by atoms with Crippen LogP contribution in [0.1, 0.15) is 22.3 Å². The van der Waals surface area contributed by atoms with Crippen molar-refractivity contribution in [2.75, 3.05) is 6.61 Å². The van der Waals surface area contributed by atoms with Gasteiger partial charge in [-0.1, -0.05) is 35.9 Å². The van der Waals surface area contributed by atoms with E-state index in [1.54, 1.807) is 6.07 Å². The minimum absolute atomic E-state index is 0.492. The van der Waals surface area contributed by atoms with Crippen LogP contribution in [0.25, 0.3) is 0 Å². The molecule has 6 nitrogen and oxygen atoms in total. The largest absolute Gasteiger partial charge is 0.454 e. The summed E-state index contributed by atoms with van der Waals surface area (Å²) in [4.78, 5) is 0. The zero-order valence-corrected chi connectivity index (χ0v) is 14.4. The summed E-state index contributed by atoms with van der Waals surface area (Å²) in [6.07, 6.45) is -4.66. The molecule has 0 bridgehead atoms. The van der Waals surface area contributed by atoms with E-state index in [-0.39, 0.29) is 0 Å². The maximum atomic E-state index is 10.4. The molecule has 2 aromatic carbocycles. The number of aliphatic hydroxyl groups excluding tert-OH is 4. The fourth-order valence-corrected chi connectivity index (χ4v) is 3.61. The van der Waals surface area contributed by atoms with Crippen molar-refractivity contribution in [1.29, 1.82) is 0 Å². The Balaban J connectivity index is 1.64. The summed E-state index contributed by atoms with van der Waals surface area (Å²) >= 11 is 0. The van der Waals surface area contributed by atoms with Crippen LogP contribution >= 0.6 is 0 Å². The van der Waals surface area contributed by atoms with Crippen LogP contribution in [0.5, 0.6) is 5.75 Å². The van der Waals surface area contributed by atoms with Gasteiger partial charge in [0.05, 0.1) is 12.2 Å². The Morgan fingerprint density at radius 2 is 1.65 bits per heavy atom. The van der Waals surface area contributed by atoms with Gasteiger partial charge < -0.3 is 29.9 Å². The average Bonchev–Trinajstić information content (AvgIpc) is 2.63. The Bertz CT molecular complexity index is 802. The van der Waals surface area contributed by atoms with Crippen LogP contribution in [0, 0.1) is 6.92 Å². The van der Waals surface area contributed by atoms with E-state index in [0.29, 0.717) is 17.7 Å². The van der Waals surface area contributed by atoms with Crippen LogP contribution in [0.4, 0.5) is 0 Å². The zero-order chi connectivity index (χ0) is 18.5. The molecule has 2 aliphatic rings. The van der Waals surface area contributed by atoms with E-state index in [1.807, 2.05) is 19.1 Å². The molecule has 0 amide bonds. The van der Waals surface area contributed by atoms with Gasteiger partial charge in [-0.05, 0) is 36.6 Å². The minimum Gasteiger partial charge on any atom is -0.454 e. The standard InChI is InChI=1S/C20H22O6/c1-11-2-4-12(5-3-11)8-13-6-7-15-14(9-13)20(25-15)19(24)18(23)17(22)16(10-21)26-20/h2-7,9,16-19,21-24H,8,10H2,1H3. The second-order valence-corrected chi connectivity index (χ2v) is 7.03. The predicted molar refractivity (Wildman–Crippen MR) is 92.7 cm³/mol. The third kappa shape index (κ3) is 2.62. The van der Waals surface area contributed by atoms with E-state index in [4.69, 9.17) is 9.47 Å². The maximum absolute atomic E-state index is 10.4. The van der Waals surface area contributed by atoms with Gasteiger partial charge in [0, 0.05) is 0 Å². The number of aliphatic hydroxyl groups is 4. The van der Waals surface area contributed by atoms with Crippen LogP contribution in [0.2, 0.25) is 0 Å². The molecule has 1 fully saturated rings.